The van der Waals surface area contributed by atoms with Gasteiger partial charge < -0.3 is 13.9 Å². The Labute approximate surface area is 257 Å². The summed E-state index contributed by atoms with van der Waals surface area (Å²) >= 11 is 7.37. The highest BCUT2D eigenvalue weighted by atomic mass is 79.9. The fourth-order valence-corrected chi connectivity index (χ4v) is 8.25. The molecule has 2 aliphatic carbocycles. The number of ketones is 1. The summed E-state index contributed by atoms with van der Waals surface area (Å²) in [6.07, 6.45) is 2.20. The van der Waals surface area contributed by atoms with Crippen LogP contribution in [0.4, 0.5) is 0 Å². The molecule has 2 amide bonds. The lowest BCUT2D eigenvalue weighted by Gasteiger charge is -2.28. The van der Waals surface area contributed by atoms with Crippen LogP contribution in [-0.2, 0) is 25.5 Å². The molecule has 7 unspecified atom stereocenters. The predicted octanol–water partition coefficient (Wildman–Crippen LogP) is 4.61. The van der Waals surface area contributed by atoms with E-state index in [4.69, 9.17) is 13.9 Å². The topological polar surface area (TPSA) is 120 Å². The molecule has 0 radical (unpaired) electrons. The molecule has 0 spiro atoms. The molecule has 2 bridgehead atoms. The van der Waals surface area contributed by atoms with Crippen LogP contribution in [0, 0.1) is 23.7 Å². The number of rotatable bonds is 9. The van der Waals surface area contributed by atoms with Crippen molar-refractivity contribution >= 4 is 61.4 Å². The number of carbonyl (C=O) groups is 5. The number of alkyl halides is 2. The summed E-state index contributed by atoms with van der Waals surface area (Å²) in [5, 5.41) is 0. The van der Waals surface area contributed by atoms with Crippen molar-refractivity contribution in [3.8, 4) is 5.75 Å². The van der Waals surface area contributed by atoms with Crippen LogP contribution in [0.5, 0.6) is 5.75 Å². The molecule has 3 aromatic rings. The smallest absolute Gasteiger partial charge is 0.379 e. The first kappa shape index (κ1) is 28.5. The number of benzene rings is 2. The average Bonchev–Trinajstić information content (AvgIpc) is 3.77. The number of esters is 2. The van der Waals surface area contributed by atoms with Crippen LogP contribution in [-0.4, -0.2) is 56.7 Å². The van der Waals surface area contributed by atoms with Gasteiger partial charge in [-0.2, -0.15) is 0 Å². The van der Waals surface area contributed by atoms with Crippen molar-refractivity contribution < 1.29 is 37.9 Å². The van der Waals surface area contributed by atoms with Gasteiger partial charge in [0.05, 0.1) is 18.1 Å². The van der Waals surface area contributed by atoms with Crippen LogP contribution in [0.3, 0.4) is 0 Å². The van der Waals surface area contributed by atoms with Gasteiger partial charge in [-0.1, -0.05) is 62.2 Å². The Morgan fingerprint density at radius 1 is 0.881 bits per heavy atom. The molecule has 1 saturated heterocycles. The third-order valence-corrected chi connectivity index (χ3v) is 11.5. The van der Waals surface area contributed by atoms with Gasteiger partial charge in [-0.3, -0.25) is 19.3 Å². The normalized spacial score (nSPS) is 26.7. The van der Waals surface area contributed by atoms with Crippen LogP contribution in [0.25, 0.3) is 0 Å². The van der Waals surface area contributed by atoms with Crippen molar-refractivity contribution in [1.29, 1.82) is 0 Å². The van der Waals surface area contributed by atoms with Crippen LogP contribution in [0.15, 0.2) is 77.4 Å². The maximum Gasteiger partial charge on any atom is 0.379 e. The standard InChI is InChI=1S/C31H25Br2NO8/c32-26-19-14-20(27(26)33)25-24(19)28(36)34(29(25)37)21(13-16-5-2-1-3-6-16)30(38)41-15-22(35)17-8-10-18(11-9-17)42-31(39)23-7-4-12-40-23/h1-12,19-21,24-27H,13-15H2. The van der Waals surface area contributed by atoms with Gasteiger partial charge in [-0.05, 0) is 60.2 Å². The fraction of sp³-hybridized carbons (Fsp3) is 0.323. The summed E-state index contributed by atoms with van der Waals surface area (Å²) in [7, 11) is 0. The average molecular weight is 699 g/mol. The quantitative estimate of drug-likeness (QED) is 0.105. The number of ether oxygens (including phenoxy) is 2. The van der Waals surface area contributed by atoms with Crippen LogP contribution >= 0.6 is 31.9 Å². The zero-order valence-corrected chi connectivity index (χ0v) is 25.2. The van der Waals surface area contributed by atoms with E-state index >= 15 is 0 Å². The molecule has 2 saturated carbocycles. The number of halogens is 2. The summed E-state index contributed by atoms with van der Waals surface area (Å²) in [5.41, 5.74) is 0.981. The number of amides is 2. The van der Waals surface area contributed by atoms with E-state index in [9.17, 15) is 24.0 Å². The van der Waals surface area contributed by atoms with Gasteiger partial charge in [-0.25, -0.2) is 9.59 Å². The van der Waals surface area contributed by atoms with E-state index < -0.39 is 42.2 Å². The monoisotopic (exact) mass is 697 g/mol. The number of fused-ring (bicyclic) bond motifs is 5. The van der Waals surface area contributed by atoms with Gasteiger partial charge in [0, 0.05) is 21.6 Å². The third kappa shape index (κ3) is 5.13. The van der Waals surface area contributed by atoms with Gasteiger partial charge in [0.2, 0.25) is 17.6 Å². The number of imide groups is 1. The Hall–Kier alpha value is -3.57. The lowest BCUT2D eigenvalue weighted by atomic mass is 9.81. The minimum Gasteiger partial charge on any atom is -0.457 e. The highest BCUT2D eigenvalue weighted by Crippen LogP contribution is 2.60. The molecule has 3 aliphatic rings. The number of likely N-dealkylation sites (tertiary alicyclic amines) is 1. The largest absolute Gasteiger partial charge is 0.457 e. The lowest BCUT2D eigenvalue weighted by Crippen LogP contribution is -2.48. The number of furan rings is 1. The van der Waals surface area contributed by atoms with Crippen molar-refractivity contribution in [3.05, 3.63) is 89.9 Å². The minimum atomic E-state index is -1.20. The van der Waals surface area contributed by atoms with Crippen molar-refractivity contribution in [2.45, 2.75) is 28.5 Å². The van der Waals surface area contributed by atoms with Gasteiger partial charge in [-0.15, -0.1) is 0 Å². The van der Waals surface area contributed by atoms with Crippen LogP contribution < -0.4 is 4.74 Å². The molecular weight excluding hydrogens is 674 g/mol. The third-order valence-electron chi connectivity index (χ3n) is 8.33. The first-order valence-electron chi connectivity index (χ1n) is 13.5. The molecular formula is C31H25Br2NO8. The second kappa shape index (κ2) is 11.6. The van der Waals surface area contributed by atoms with E-state index in [1.54, 1.807) is 6.07 Å². The number of carbonyl (C=O) groups excluding carboxylic acids is 5. The summed E-state index contributed by atoms with van der Waals surface area (Å²) < 4.78 is 15.7. The number of nitrogens with zero attached hydrogens (tertiary/aromatic N) is 1. The maximum absolute atomic E-state index is 13.7. The highest BCUT2D eigenvalue weighted by Gasteiger charge is 2.67. The van der Waals surface area contributed by atoms with Gasteiger partial charge in [0.1, 0.15) is 11.8 Å². The Kier molecular flexibility index (Phi) is 7.89. The van der Waals surface area contributed by atoms with E-state index in [1.807, 2.05) is 30.3 Å². The summed E-state index contributed by atoms with van der Waals surface area (Å²) in [6.45, 7) is -0.586. The SMILES string of the molecule is O=C(COC(=O)C(Cc1ccccc1)N1C(=O)C2C3CC(C(Br)C3Br)C2C1=O)c1ccc(OC(=O)c2ccco2)cc1. The minimum absolute atomic E-state index is 0.00197. The zero-order valence-electron chi connectivity index (χ0n) is 22.1. The van der Waals surface area contributed by atoms with Crippen molar-refractivity contribution in [2.75, 3.05) is 6.61 Å². The van der Waals surface area contributed by atoms with Crippen LogP contribution in [0.2, 0.25) is 0 Å². The molecule has 11 heteroatoms. The number of hydrogen-bond donors (Lipinski definition) is 0. The van der Waals surface area contributed by atoms with Crippen LogP contribution in [0.1, 0.15) is 32.9 Å². The summed E-state index contributed by atoms with van der Waals surface area (Å²) in [6, 6.07) is 16.7. The van der Waals surface area contributed by atoms with Gasteiger partial charge >= 0.3 is 11.9 Å². The molecule has 42 heavy (non-hydrogen) atoms. The molecule has 7 atom stereocenters. The fourth-order valence-electron chi connectivity index (χ4n) is 6.37. The Bertz CT molecular complexity index is 1490. The highest BCUT2D eigenvalue weighted by molar-refractivity contribution is 9.12. The Morgan fingerprint density at radius 2 is 1.52 bits per heavy atom. The molecule has 216 valence electrons. The molecule has 3 fully saturated rings. The van der Waals surface area contributed by atoms with Gasteiger partial charge in [0.15, 0.2) is 12.4 Å². The zero-order chi connectivity index (χ0) is 29.5. The molecule has 2 heterocycles. The second-order valence-electron chi connectivity index (χ2n) is 10.7. The molecule has 2 aromatic carbocycles. The Morgan fingerprint density at radius 3 is 2.12 bits per heavy atom. The van der Waals surface area contributed by atoms with E-state index in [1.165, 1.54) is 36.6 Å². The lowest BCUT2D eigenvalue weighted by molar-refractivity contribution is -0.158. The van der Waals surface area contributed by atoms with E-state index in [0.717, 1.165) is 16.9 Å². The second-order valence-corrected chi connectivity index (χ2v) is 12.8. The first-order chi connectivity index (χ1) is 20.2. The first-order valence-corrected chi connectivity index (χ1v) is 15.3. The van der Waals surface area contributed by atoms with Crippen molar-refractivity contribution in [3.63, 3.8) is 0 Å². The van der Waals surface area contributed by atoms with E-state index in [2.05, 4.69) is 31.9 Å². The summed E-state index contributed by atoms with van der Waals surface area (Å²) in [4.78, 5) is 67.0. The molecule has 6 rings (SSSR count). The molecule has 1 aromatic heterocycles. The number of Topliss-reactive ketones (excluding diaryl/α,β-unsaturated/α-hetero) is 1. The number of hydrogen-bond acceptors (Lipinski definition) is 8. The summed E-state index contributed by atoms with van der Waals surface area (Å²) in [5.74, 6) is -3.42. The maximum atomic E-state index is 13.7. The van der Waals surface area contributed by atoms with E-state index in [0.29, 0.717) is 0 Å². The van der Waals surface area contributed by atoms with Gasteiger partial charge in [0.25, 0.3) is 0 Å². The molecule has 1 aliphatic heterocycles. The molecule has 0 N–H and O–H groups in total. The van der Waals surface area contributed by atoms with E-state index in [-0.39, 0.29) is 56.8 Å². The van der Waals surface area contributed by atoms with Crippen molar-refractivity contribution in [1.82, 2.24) is 4.90 Å². The Balaban J connectivity index is 1.15. The molecule has 9 nitrogen and oxygen atoms in total. The predicted molar refractivity (Wildman–Crippen MR) is 155 cm³/mol. The van der Waals surface area contributed by atoms with Crippen molar-refractivity contribution in [2.24, 2.45) is 23.7 Å².